The summed E-state index contributed by atoms with van der Waals surface area (Å²) in [6.45, 7) is 3.44. The minimum Gasteiger partial charge on any atom is -0.371 e. The molecule has 2 saturated heterocycles. The molecule has 3 rings (SSSR count). The Bertz CT molecular complexity index is 533. The van der Waals surface area contributed by atoms with Crippen LogP contribution in [-0.4, -0.2) is 65.4 Å². The summed E-state index contributed by atoms with van der Waals surface area (Å²) in [6.07, 6.45) is 5.69. The summed E-state index contributed by atoms with van der Waals surface area (Å²) in [5.41, 5.74) is -0.113. The van der Waals surface area contributed by atoms with Crippen LogP contribution in [0.3, 0.4) is 0 Å². The number of nitrogens with one attached hydrogen (secondary N) is 1. The summed E-state index contributed by atoms with van der Waals surface area (Å²) in [7, 11) is 3.63. The van der Waals surface area contributed by atoms with Crippen LogP contribution in [0.4, 0.5) is 0 Å². The smallest absolute Gasteiger partial charge is 0.245 e. The van der Waals surface area contributed by atoms with Gasteiger partial charge in [-0.15, -0.1) is 0 Å². The van der Waals surface area contributed by atoms with Gasteiger partial charge in [-0.1, -0.05) is 0 Å². The molecule has 0 unspecified atom stereocenters. The van der Waals surface area contributed by atoms with Crippen molar-refractivity contribution < 1.29 is 14.3 Å². The number of imidazole rings is 1. The van der Waals surface area contributed by atoms with Crippen molar-refractivity contribution in [1.82, 2.24) is 19.8 Å². The molecule has 2 atom stereocenters. The van der Waals surface area contributed by atoms with Gasteiger partial charge in [0.1, 0.15) is 12.4 Å². The first-order chi connectivity index (χ1) is 10.6. The van der Waals surface area contributed by atoms with E-state index in [0.717, 1.165) is 38.3 Å². The molecule has 1 amide bonds. The number of hydrogen-bond acceptors (Lipinski definition) is 5. The lowest BCUT2D eigenvalue weighted by Crippen LogP contribution is -2.33. The molecule has 0 radical (unpaired) electrons. The van der Waals surface area contributed by atoms with E-state index in [9.17, 15) is 4.79 Å². The lowest BCUT2D eigenvalue weighted by atomic mass is 9.98. The van der Waals surface area contributed by atoms with Crippen molar-refractivity contribution in [2.24, 2.45) is 7.05 Å². The van der Waals surface area contributed by atoms with E-state index in [-0.39, 0.29) is 24.2 Å². The quantitative estimate of drug-likeness (QED) is 0.824. The summed E-state index contributed by atoms with van der Waals surface area (Å²) in [5.74, 6) is 0.978. The first-order valence-corrected chi connectivity index (χ1v) is 7.75. The third kappa shape index (κ3) is 3.31. The van der Waals surface area contributed by atoms with Crippen LogP contribution in [0.1, 0.15) is 18.7 Å². The fraction of sp³-hybridized carbons (Fsp3) is 0.733. The molecule has 2 fully saturated rings. The number of nitrogens with zero attached hydrogens (tertiary/aromatic N) is 3. The number of ether oxygens (including phenoxy) is 2. The Hall–Kier alpha value is -1.44. The maximum absolute atomic E-state index is 11.2. The van der Waals surface area contributed by atoms with Crippen LogP contribution in [0.5, 0.6) is 0 Å². The van der Waals surface area contributed by atoms with Gasteiger partial charge in [0, 0.05) is 46.0 Å². The zero-order valence-corrected chi connectivity index (χ0v) is 13.2. The predicted molar refractivity (Wildman–Crippen MR) is 80.2 cm³/mol. The van der Waals surface area contributed by atoms with Gasteiger partial charge in [-0.25, -0.2) is 4.98 Å². The molecule has 1 spiro atoms. The van der Waals surface area contributed by atoms with E-state index in [0.29, 0.717) is 6.61 Å². The van der Waals surface area contributed by atoms with Gasteiger partial charge in [0.25, 0.3) is 0 Å². The Morgan fingerprint density at radius 1 is 1.64 bits per heavy atom. The number of hydrogen-bond donors (Lipinski definition) is 1. The average Bonchev–Trinajstić information content (AvgIpc) is 3.21. The Labute approximate surface area is 130 Å². The van der Waals surface area contributed by atoms with Crippen molar-refractivity contribution in [1.29, 1.82) is 0 Å². The standard InChI is InChI=1S/C15H24N4O3/c1-16-14(20)10-21-12-7-15(22-9-12)3-5-19(11-15)8-13-17-4-6-18(13)2/h4,6,12H,3,5,7-11H2,1-2H3,(H,16,20)/t12-,15+/m0/s1. The molecule has 122 valence electrons. The third-order valence-electron chi connectivity index (χ3n) is 4.59. The molecule has 2 aliphatic rings. The van der Waals surface area contributed by atoms with Crippen LogP contribution < -0.4 is 5.32 Å². The molecule has 3 heterocycles. The number of likely N-dealkylation sites (N-methyl/N-ethyl adjacent to an activating group) is 1. The van der Waals surface area contributed by atoms with Crippen molar-refractivity contribution >= 4 is 5.91 Å². The first kappa shape index (κ1) is 15.5. The summed E-state index contributed by atoms with van der Waals surface area (Å²) in [4.78, 5) is 18.0. The van der Waals surface area contributed by atoms with Gasteiger partial charge in [0.05, 0.1) is 24.9 Å². The Morgan fingerprint density at radius 2 is 2.50 bits per heavy atom. The lowest BCUT2D eigenvalue weighted by molar-refractivity contribution is -0.127. The number of aromatic nitrogens is 2. The maximum Gasteiger partial charge on any atom is 0.245 e. The minimum atomic E-state index is -0.113. The third-order valence-corrected chi connectivity index (χ3v) is 4.59. The Morgan fingerprint density at radius 3 is 3.23 bits per heavy atom. The molecular weight excluding hydrogens is 284 g/mol. The highest BCUT2D eigenvalue weighted by molar-refractivity contribution is 5.76. The number of amides is 1. The van der Waals surface area contributed by atoms with E-state index in [4.69, 9.17) is 9.47 Å². The topological polar surface area (TPSA) is 68.6 Å². The van der Waals surface area contributed by atoms with Crippen LogP contribution in [-0.2, 0) is 27.9 Å². The minimum absolute atomic E-state index is 0.0189. The van der Waals surface area contributed by atoms with Crippen molar-refractivity contribution in [3.63, 3.8) is 0 Å². The molecule has 0 aromatic carbocycles. The van der Waals surface area contributed by atoms with E-state index >= 15 is 0 Å². The monoisotopic (exact) mass is 308 g/mol. The zero-order valence-electron chi connectivity index (χ0n) is 13.2. The van der Waals surface area contributed by atoms with E-state index < -0.39 is 0 Å². The molecule has 7 nitrogen and oxygen atoms in total. The Kier molecular flexibility index (Phi) is 4.46. The van der Waals surface area contributed by atoms with Gasteiger partial charge >= 0.3 is 0 Å². The molecule has 0 bridgehead atoms. The van der Waals surface area contributed by atoms with Gasteiger partial charge in [-0.05, 0) is 6.42 Å². The van der Waals surface area contributed by atoms with Crippen LogP contribution in [0.2, 0.25) is 0 Å². The van der Waals surface area contributed by atoms with Gasteiger partial charge in [0.2, 0.25) is 5.91 Å². The lowest BCUT2D eigenvalue weighted by Gasteiger charge is -2.23. The summed E-state index contributed by atoms with van der Waals surface area (Å²) < 4.78 is 13.7. The average molecular weight is 308 g/mol. The van der Waals surface area contributed by atoms with Gasteiger partial charge < -0.3 is 19.4 Å². The second kappa shape index (κ2) is 6.36. The molecule has 22 heavy (non-hydrogen) atoms. The highest BCUT2D eigenvalue weighted by atomic mass is 16.6. The van der Waals surface area contributed by atoms with Crippen LogP contribution in [0.25, 0.3) is 0 Å². The second-order valence-corrected chi connectivity index (χ2v) is 6.22. The zero-order chi connectivity index (χ0) is 15.6. The van der Waals surface area contributed by atoms with E-state index in [1.807, 2.05) is 19.4 Å². The normalized spacial score (nSPS) is 28.5. The van der Waals surface area contributed by atoms with Crippen LogP contribution in [0, 0.1) is 0 Å². The molecule has 1 aromatic rings. The van der Waals surface area contributed by atoms with Gasteiger partial charge in [0.15, 0.2) is 0 Å². The number of aryl methyl sites for hydroxylation is 1. The summed E-state index contributed by atoms with van der Waals surface area (Å²) >= 11 is 0. The number of carbonyl (C=O) groups is 1. The van der Waals surface area contributed by atoms with E-state index in [1.165, 1.54) is 0 Å². The molecule has 1 N–H and O–H groups in total. The van der Waals surface area contributed by atoms with Gasteiger partial charge in [-0.2, -0.15) is 0 Å². The van der Waals surface area contributed by atoms with Crippen LogP contribution in [0.15, 0.2) is 12.4 Å². The van der Waals surface area contributed by atoms with Crippen molar-refractivity contribution in [2.75, 3.05) is 33.4 Å². The Balaban J connectivity index is 1.50. The molecule has 0 aliphatic carbocycles. The van der Waals surface area contributed by atoms with Crippen molar-refractivity contribution in [2.45, 2.75) is 31.1 Å². The molecule has 0 saturated carbocycles. The van der Waals surface area contributed by atoms with Crippen LogP contribution >= 0.6 is 0 Å². The fourth-order valence-electron chi connectivity index (χ4n) is 3.27. The SMILES string of the molecule is CNC(=O)CO[C@@H]1CO[C@]2(CCN(Cc3nccn3C)C2)C1. The summed E-state index contributed by atoms with van der Waals surface area (Å²) in [6, 6.07) is 0. The van der Waals surface area contributed by atoms with E-state index in [1.54, 1.807) is 7.05 Å². The number of likely N-dealkylation sites (tertiary alicyclic amines) is 1. The number of rotatable bonds is 5. The number of carbonyl (C=O) groups excluding carboxylic acids is 1. The van der Waals surface area contributed by atoms with E-state index in [2.05, 4.69) is 19.8 Å². The highest BCUT2D eigenvalue weighted by Crippen LogP contribution is 2.36. The molecule has 1 aromatic heterocycles. The molecule has 7 heteroatoms. The maximum atomic E-state index is 11.2. The van der Waals surface area contributed by atoms with Crippen molar-refractivity contribution in [3.8, 4) is 0 Å². The molecular formula is C15H24N4O3. The summed E-state index contributed by atoms with van der Waals surface area (Å²) in [5, 5.41) is 2.56. The molecule has 2 aliphatic heterocycles. The first-order valence-electron chi connectivity index (χ1n) is 7.75. The second-order valence-electron chi connectivity index (χ2n) is 6.22. The fourth-order valence-corrected chi connectivity index (χ4v) is 3.27. The van der Waals surface area contributed by atoms with Gasteiger partial charge in [-0.3, -0.25) is 9.69 Å². The predicted octanol–water partition coefficient (Wildman–Crippen LogP) is -0.0839. The van der Waals surface area contributed by atoms with Crippen molar-refractivity contribution in [3.05, 3.63) is 18.2 Å². The highest BCUT2D eigenvalue weighted by Gasteiger charge is 2.46. The largest absolute Gasteiger partial charge is 0.371 e.